The first-order valence-electron chi connectivity index (χ1n) is 15.5. The highest BCUT2D eigenvalue weighted by atomic mass is 19.1. The number of aliphatic hydroxyl groups is 1. The number of amidine groups is 1. The minimum atomic E-state index is -0.643. The van der Waals surface area contributed by atoms with Crippen molar-refractivity contribution in [2.45, 2.75) is 96.9 Å². The van der Waals surface area contributed by atoms with E-state index in [1.54, 1.807) is 6.07 Å². The van der Waals surface area contributed by atoms with Gasteiger partial charge in [0.15, 0.2) is 0 Å². The lowest BCUT2D eigenvalue weighted by Gasteiger charge is -2.38. The minimum absolute atomic E-state index is 0.0416. The zero-order valence-corrected chi connectivity index (χ0v) is 25.4. The van der Waals surface area contributed by atoms with Crippen molar-refractivity contribution in [1.29, 1.82) is 0 Å². The molecule has 1 saturated carbocycles. The largest absolute Gasteiger partial charge is 0.390 e. The average Bonchev–Trinajstić information content (AvgIpc) is 3.30. The van der Waals surface area contributed by atoms with Crippen LogP contribution in [0.5, 0.6) is 0 Å². The van der Waals surface area contributed by atoms with Crippen molar-refractivity contribution < 1.29 is 19.1 Å². The molecule has 2 amide bonds. The molecule has 2 aromatic rings. The van der Waals surface area contributed by atoms with Crippen molar-refractivity contribution in [3.63, 3.8) is 0 Å². The summed E-state index contributed by atoms with van der Waals surface area (Å²) in [7, 11) is 0. The number of carbonyl (C=O) groups is 2. The number of nitrogens with one attached hydrogen (secondary N) is 1. The second-order valence-corrected chi connectivity index (χ2v) is 13.2. The molecule has 3 aliphatic rings. The first kappa shape index (κ1) is 30.4. The normalized spacial score (nSPS) is 22.9. The summed E-state index contributed by atoms with van der Waals surface area (Å²) in [6.07, 6.45) is 6.02. The smallest absolute Gasteiger partial charge is 0.278 e. The quantitative estimate of drug-likeness (QED) is 0.455. The third-order valence-electron chi connectivity index (χ3n) is 9.26. The molecule has 2 N–H and O–H groups in total. The van der Waals surface area contributed by atoms with Crippen LogP contribution in [0.2, 0.25) is 0 Å². The Balaban J connectivity index is 1.36. The number of hydrogen-bond donors (Lipinski definition) is 2. The Morgan fingerprint density at radius 2 is 1.76 bits per heavy atom. The molecular weight excluding hydrogens is 531 g/mol. The van der Waals surface area contributed by atoms with Crippen LogP contribution in [0.4, 0.5) is 10.1 Å². The molecule has 5 rings (SSSR count). The van der Waals surface area contributed by atoms with E-state index in [2.05, 4.69) is 38.3 Å². The Labute approximate surface area is 249 Å². The third kappa shape index (κ3) is 7.09. The number of nitrogens with zero attached hydrogens (tertiary/aromatic N) is 3. The molecule has 8 heteroatoms. The van der Waals surface area contributed by atoms with E-state index in [1.165, 1.54) is 23.8 Å². The van der Waals surface area contributed by atoms with Crippen molar-refractivity contribution in [3.8, 4) is 0 Å². The Kier molecular flexibility index (Phi) is 9.14. The van der Waals surface area contributed by atoms with Gasteiger partial charge in [0.1, 0.15) is 11.7 Å². The van der Waals surface area contributed by atoms with Crippen molar-refractivity contribution in [2.24, 2.45) is 16.8 Å². The van der Waals surface area contributed by atoms with E-state index < -0.39 is 17.3 Å². The molecule has 0 bridgehead atoms. The second kappa shape index (κ2) is 12.6. The number of hydrogen-bond acceptors (Lipinski definition) is 4. The number of aliphatic imine (C=N–C) groups is 1. The predicted octanol–water partition coefficient (Wildman–Crippen LogP) is 5.49. The fourth-order valence-electron chi connectivity index (χ4n) is 6.68. The maximum atomic E-state index is 13.9. The number of benzene rings is 2. The van der Waals surface area contributed by atoms with Crippen LogP contribution in [0.25, 0.3) is 0 Å². The van der Waals surface area contributed by atoms with Gasteiger partial charge < -0.3 is 15.3 Å². The lowest BCUT2D eigenvalue weighted by Crippen LogP contribution is -2.46. The zero-order chi connectivity index (χ0) is 30.0. The molecule has 226 valence electrons. The van der Waals surface area contributed by atoms with Gasteiger partial charge in [0.05, 0.1) is 5.60 Å². The number of likely N-dealkylation sites (tertiary alicyclic amines) is 1. The van der Waals surface area contributed by atoms with Crippen molar-refractivity contribution in [2.75, 3.05) is 18.0 Å². The lowest BCUT2D eigenvalue weighted by atomic mass is 9.83. The SMILES string of the molecule is CC(C)C(=O)NC1CCC(N2C(=NC(=O)c3cccc(F)c3)Cc3ccc(CN4CCC(C(C)(C)O)CC4)cc32)CC1. The molecule has 42 heavy (non-hydrogen) atoms. The summed E-state index contributed by atoms with van der Waals surface area (Å²) in [4.78, 5) is 34.7. The predicted molar refractivity (Wildman–Crippen MR) is 164 cm³/mol. The van der Waals surface area contributed by atoms with E-state index in [4.69, 9.17) is 0 Å². The second-order valence-electron chi connectivity index (χ2n) is 13.2. The van der Waals surface area contributed by atoms with E-state index >= 15 is 0 Å². The molecule has 2 aromatic carbocycles. The van der Waals surface area contributed by atoms with Crippen LogP contribution in [0.3, 0.4) is 0 Å². The van der Waals surface area contributed by atoms with Crippen LogP contribution >= 0.6 is 0 Å². The van der Waals surface area contributed by atoms with Gasteiger partial charge in [-0.3, -0.25) is 14.5 Å². The van der Waals surface area contributed by atoms with Gasteiger partial charge in [-0.25, -0.2) is 4.39 Å². The molecule has 0 aromatic heterocycles. The molecular formula is C34H45FN4O3. The number of halogens is 1. The Hall–Kier alpha value is -3.10. The van der Waals surface area contributed by atoms with Gasteiger partial charge in [-0.15, -0.1) is 0 Å². The summed E-state index contributed by atoms with van der Waals surface area (Å²) in [5, 5.41) is 13.6. The molecule has 7 nitrogen and oxygen atoms in total. The van der Waals surface area contributed by atoms with E-state index in [0.717, 1.165) is 69.4 Å². The number of anilines is 1. The monoisotopic (exact) mass is 576 g/mol. The van der Waals surface area contributed by atoms with Crippen LogP contribution in [0.1, 0.15) is 87.7 Å². The van der Waals surface area contributed by atoms with E-state index in [1.807, 2.05) is 27.7 Å². The Morgan fingerprint density at radius 1 is 1.05 bits per heavy atom. The molecule has 0 radical (unpaired) electrons. The third-order valence-corrected chi connectivity index (χ3v) is 9.26. The fourth-order valence-corrected chi connectivity index (χ4v) is 6.68. The summed E-state index contributed by atoms with van der Waals surface area (Å²) in [6, 6.07) is 12.6. The van der Waals surface area contributed by atoms with Crippen molar-refractivity contribution in [1.82, 2.24) is 10.2 Å². The van der Waals surface area contributed by atoms with Gasteiger partial charge in [-0.1, -0.05) is 32.0 Å². The zero-order valence-electron chi connectivity index (χ0n) is 25.4. The number of amides is 2. The maximum absolute atomic E-state index is 13.9. The molecule has 1 saturated heterocycles. The molecule has 0 unspecified atom stereocenters. The van der Waals surface area contributed by atoms with Gasteiger partial charge in [-0.2, -0.15) is 4.99 Å². The summed E-state index contributed by atoms with van der Waals surface area (Å²) < 4.78 is 13.9. The van der Waals surface area contributed by atoms with E-state index in [0.29, 0.717) is 18.2 Å². The van der Waals surface area contributed by atoms with Crippen molar-refractivity contribution in [3.05, 3.63) is 65.0 Å². The van der Waals surface area contributed by atoms with Crippen LogP contribution < -0.4 is 10.2 Å². The number of fused-ring (bicyclic) bond motifs is 1. The highest BCUT2D eigenvalue weighted by molar-refractivity contribution is 6.12. The van der Waals surface area contributed by atoms with Crippen LogP contribution in [0.15, 0.2) is 47.5 Å². The number of rotatable bonds is 7. The summed E-state index contributed by atoms with van der Waals surface area (Å²) >= 11 is 0. The Bertz CT molecular complexity index is 1320. The van der Waals surface area contributed by atoms with E-state index in [9.17, 15) is 19.1 Å². The first-order valence-corrected chi connectivity index (χ1v) is 15.5. The minimum Gasteiger partial charge on any atom is -0.390 e. The molecule has 2 heterocycles. The molecule has 2 aliphatic heterocycles. The van der Waals surface area contributed by atoms with Crippen LogP contribution in [-0.2, 0) is 17.8 Å². The standard InChI is InChI=1S/C34H45FN4O3/c1-22(2)32(40)36-28-10-12-29(13-11-28)39-30-18-23(21-38-16-14-26(15-17-38)34(3,4)42)8-9-24(30)20-31(39)37-33(41)25-6-5-7-27(35)19-25/h5-9,18-19,22,26,28-29,42H,10-17,20-21H2,1-4H3,(H,36,40). The molecule has 0 atom stereocenters. The Morgan fingerprint density at radius 3 is 2.40 bits per heavy atom. The highest BCUT2D eigenvalue weighted by Crippen LogP contribution is 2.37. The van der Waals surface area contributed by atoms with Crippen LogP contribution in [-0.4, -0.2) is 58.4 Å². The van der Waals surface area contributed by atoms with Crippen LogP contribution in [0, 0.1) is 17.7 Å². The number of piperidine rings is 1. The van der Waals surface area contributed by atoms with Gasteiger partial charge >= 0.3 is 0 Å². The van der Waals surface area contributed by atoms with Gasteiger partial charge in [0.2, 0.25) is 5.91 Å². The summed E-state index contributed by atoms with van der Waals surface area (Å²) in [5.74, 6) is 0.182. The maximum Gasteiger partial charge on any atom is 0.278 e. The molecule has 1 aliphatic carbocycles. The molecule has 2 fully saturated rings. The van der Waals surface area contributed by atoms with Gasteiger partial charge in [0, 0.05) is 42.2 Å². The fraction of sp³-hybridized carbons (Fsp3) is 0.559. The number of carbonyl (C=O) groups excluding carboxylic acids is 2. The first-order chi connectivity index (χ1) is 20.0. The van der Waals surface area contributed by atoms with Gasteiger partial charge in [0.25, 0.3) is 5.91 Å². The molecule has 0 spiro atoms. The van der Waals surface area contributed by atoms with Gasteiger partial charge in [-0.05, 0) is 107 Å². The van der Waals surface area contributed by atoms with E-state index in [-0.39, 0.29) is 29.5 Å². The average molecular weight is 577 g/mol. The highest BCUT2D eigenvalue weighted by Gasteiger charge is 2.36. The topological polar surface area (TPSA) is 85.2 Å². The van der Waals surface area contributed by atoms with Crippen molar-refractivity contribution >= 4 is 23.3 Å². The summed E-state index contributed by atoms with van der Waals surface area (Å²) in [6.45, 7) is 10.4. The lowest BCUT2D eigenvalue weighted by molar-refractivity contribution is -0.124. The summed E-state index contributed by atoms with van der Waals surface area (Å²) in [5.41, 5.74) is 3.06.